The highest BCUT2D eigenvalue weighted by molar-refractivity contribution is 5.94. The molecule has 4 heterocycles. The predicted octanol–water partition coefficient (Wildman–Crippen LogP) is 3.51. The maximum absolute atomic E-state index is 13.9. The average Bonchev–Trinajstić information content (AvgIpc) is 3.65. The van der Waals surface area contributed by atoms with E-state index in [1.807, 2.05) is 78.6 Å². The molecule has 2 aromatic heterocycles. The van der Waals surface area contributed by atoms with Crippen LogP contribution in [0.5, 0.6) is 11.5 Å². The summed E-state index contributed by atoms with van der Waals surface area (Å²) in [5.74, 6) is -0.488. The van der Waals surface area contributed by atoms with Gasteiger partial charge in [0.2, 0.25) is 12.7 Å². The van der Waals surface area contributed by atoms with Crippen LogP contribution in [-0.2, 0) is 30.1 Å². The van der Waals surface area contributed by atoms with E-state index < -0.39 is 11.9 Å². The molecule has 1 amide bonds. The number of aromatic nitrogens is 2. The van der Waals surface area contributed by atoms with Crippen LogP contribution in [0, 0.1) is 5.92 Å². The Bertz CT molecular complexity index is 1350. The molecule has 40 heavy (non-hydrogen) atoms. The van der Waals surface area contributed by atoms with Crippen molar-refractivity contribution in [3.8, 4) is 11.5 Å². The zero-order valence-electron chi connectivity index (χ0n) is 23.5. The topological polar surface area (TPSA) is 88.1 Å². The number of fused-ring (bicyclic) bond motifs is 1. The predicted molar refractivity (Wildman–Crippen MR) is 150 cm³/mol. The number of aliphatic carboxylic acids is 1. The minimum Gasteiger partial charge on any atom is -0.481 e. The fourth-order valence-corrected chi connectivity index (χ4v) is 6.09. The van der Waals surface area contributed by atoms with E-state index in [1.165, 1.54) is 0 Å². The summed E-state index contributed by atoms with van der Waals surface area (Å²) in [6, 6.07) is 13.4. The Kier molecular flexibility index (Phi) is 8.40. The molecule has 2 aliphatic heterocycles. The van der Waals surface area contributed by atoms with E-state index in [0.717, 1.165) is 36.2 Å². The third kappa shape index (κ3) is 5.84. The first-order valence-electron chi connectivity index (χ1n) is 14.1. The van der Waals surface area contributed by atoms with Gasteiger partial charge in [0, 0.05) is 50.1 Å². The Morgan fingerprint density at radius 3 is 2.70 bits per heavy atom. The molecular weight excluding hydrogens is 508 g/mol. The lowest BCUT2D eigenvalue weighted by Crippen LogP contribution is -2.45. The monoisotopic (exact) mass is 547 g/mol. The molecule has 0 unspecified atom stereocenters. The molecule has 5 rings (SSSR count). The van der Waals surface area contributed by atoms with Crippen LogP contribution in [-0.4, -0.2) is 58.9 Å². The first-order chi connectivity index (χ1) is 19.4. The Hall–Kier alpha value is -3.85. The number of ether oxygens (including phenoxy) is 2. The normalized spacial score (nSPS) is 20.1. The zero-order valence-corrected chi connectivity index (χ0v) is 23.5. The highest BCUT2D eigenvalue weighted by Gasteiger charge is 2.47. The van der Waals surface area contributed by atoms with Gasteiger partial charge in [-0.15, -0.1) is 0 Å². The summed E-state index contributed by atoms with van der Waals surface area (Å²) in [6.07, 6.45) is 9.13. The van der Waals surface area contributed by atoms with Crippen molar-refractivity contribution in [3.63, 3.8) is 0 Å². The zero-order chi connectivity index (χ0) is 28.2. The van der Waals surface area contributed by atoms with Gasteiger partial charge >= 0.3 is 5.97 Å². The summed E-state index contributed by atoms with van der Waals surface area (Å²) in [7, 11) is 3.94. The van der Waals surface area contributed by atoms with Crippen LogP contribution in [0.4, 0.5) is 5.69 Å². The van der Waals surface area contributed by atoms with Crippen molar-refractivity contribution < 1.29 is 28.7 Å². The maximum atomic E-state index is 13.9. The van der Waals surface area contributed by atoms with Gasteiger partial charge in [-0.1, -0.05) is 19.4 Å². The number of benzene rings is 1. The summed E-state index contributed by atoms with van der Waals surface area (Å²) >= 11 is 0. The number of anilines is 1. The smallest absolute Gasteiger partial charge is 0.308 e. The number of unbranched alkanes of at least 4 members (excludes halogenated alkanes) is 1. The Morgan fingerprint density at radius 1 is 1.15 bits per heavy atom. The molecule has 9 heteroatoms. The molecule has 0 radical (unpaired) electrons. The lowest BCUT2D eigenvalue weighted by molar-refractivity contribution is -0.670. The molecule has 3 aromatic rings. The first kappa shape index (κ1) is 27.7. The van der Waals surface area contributed by atoms with E-state index in [1.54, 1.807) is 0 Å². The van der Waals surface area contributed by atoms with Gasteiger partial charge in [0.05, 0.1) is 12.5 Å². The number of hydrogen-bond donors (Lipinski definition) is 1. The molecular formula is C31H39N4O5+. The van der Waals surface area contributed by atoms with Gasteiger partial charge in [-0.3, -0.25) is 14.5 Å². The van der Waals surface area contributed by atoms with Gasteiger partial charge in [0.25, 0.3) is 0 Å². The standard InChI is InChI=1S/C31H38N4O5/c1-4-5-16-35(24-9-6-14-32(2)18-24)29(36)20-34-19-25(22-10-13-27-28(17-22)40-21-39-27)30(31(37)38)26(34)12-11-23-8-7-15-33(23)3/h6-10,13-15,17-18,25-26,30H,4-5,11-12,16,19-21H2,1-3H3/p+1/t25-,26+,30-/m1/s1. The highest BCUT2D eigenvalue weighted by Crippen LogP contribution is 2.43. The number of amides is 1. The van der Waals surface area contributed by atoms with E-state index in [2.05, 4.69) is 22.5 Å². The van der Waals surface area contributed by atoms with Crippen LogP contribution in [0.3, 0.4) is 0 Å². The van der Waals surface area contributed by atoms with Crippen LogP contribution >= 0.6 is 0 Å². The molecule has 1 aromatic carbocycles. The Balaban J connectivity index is 1.44. The summed E-state index contributed by atoms with van der Waals surface area (Å²) in [5.41, 5.74) is 2.89. The third-order valence-corrected chi connectivity index (χ3v) is 8.22. The number of pyridine rings is 1. The first-order valence-corrected chi connectivity index (χ1v) is 14.1. The second-order valence-corrected chi connectivity index (χ2v) is 10.9. The molecule has 1 fully saturated rings. The third-order valence-electron chi connectivity index (χ3n) is 8.22. The van der Waals surface area contributed by atoms with Crippen LogP contribution in [0.15, 0.2) is 61.1 Å². The largest absolute Gasteiger partial charge is 0.481 e. The lowest BCUT2D eigenvalue weighted by Gasteiger charge is -2.29. The molecule has 1 saturated heterocycles. The maximum Gasteiger partial charge on any atom is 0.308 e. The van der Waals surface area contributed by atoms with Gasteiger partial charge < -0.3 is 24.0 Å². The molecule has 3 atom stereocenters. The lowest BCUT2D eigenvalue weighted by atomic mass is 9.83. The summed E-state index contributed by atoms with van der Waals surface area (Å²) in [5, 5.41) is 10.5. The number of carbonyl (C=O) groups is 2. The van der Waals surface area contributed by atoms with Gasteiger partial charge in [-0.25, -0.2) is 4.57 Å². The van der Waals surface area contributed by atoms with E-state index in [4.69, 9.17) is 9.47 Å². The highest BCUT2D eigenvalue weighted by atomic mass is 16.7. The fraction of sp³-hybridized carbons (Fsp3) is 0.452. The van der Waals surface area contributed by atoms with Crippen molar-refractivity contribution in [2.24, 2.45) is 20.0 Å². The molecule has 212 valence electrons. The van der Waals surface area contributed by atoms with Crippen molar-refractivity contribution in [2.45, 2.75) is 44.6 Å². The molecule has 2 aliphatic rings. The van der Waals surface area contributed by atoms with Gasteiger partial charge in [-0.2, -0.15) is 0 Å². The van der Waals surface area contributed by atoms with Crippen molar-refractivity contribution in [1.82, 2.24) is 9.47 Å². The van der Waals surface area contributed by atoms with Crippen molar-refractivity contribution >= 4 is 17.6 Å². The number of hydrogen-bond acceptors (Lipinski definition) is 5. The second kappa shape index (κ2) is 12.1. The van der Waals surface area contributed by atoms with Crippen LogP contribution in [0.1, 0.15) is 43.4 Å². The molecule has 0 spiro atoms. The van der Waals surface area contributed by atoms with Gasteiger partial charge in [0.1, 0.15) is 12.7 Å². The number of likely N-dealkylation sites (tertiary alicyclic amines) is 1. The summed E-state index contributed by atoms with van der Waals surface area (Å²) < 4.78 is 15.1. The molecule has 0 saturated carbocycles. The van der Waals surface area contributed by atoms with E-state index in [0.29, 0.717) is 31.0 Å². The minimum atomic E-state index is -0.840. The number of carboxylic acids is 1. The quantitative estimate of drug-likeness (QED) is 0.370. The van der Waals surface area contributed by atoms with Crippen molar-refractivity contribution in [1.29, 1.82) is 0 Å². The second-order valence-electron chi connectivity index (χ2n) is 10.9. The van der Waals surface area contributed by atoms with Crippen molar-refractivity contribution in [2.75, 3.05) is 31.3 Å². The number of aryl methyl sites for hydroxylation is 3. The number of rotatable bonds is 11. The average molecular weight is 548 g/mol. The molecule has 1 N–H and O–H groups in total. The molecule has 0 bridgehead atoms. The Labute approximate surface area is 235 Å². The fourth-order valence-electron chi connectivity index (χ4n) is 6.09. The Morgan fingerprint density at radius 2 is 1.98 bits per heavy atom. The van der Waals surface area contributed by atoms with Gasteiger partial charge in [0.15, 0.2) is 23.9 Å². The van der Waals surface area contributed by atoms with Crippen LogP contribution < -0.4 is 18.9 Å². The SMILES string of the molecule is CCCCN(C(=O)CN1C[C@H](c2ccc3c(c2)OCO3)[C@@H](C(=O)O)[C@@H]1CCc1cccn1C)c1ccc[n+](C)c1. The molecule has 9 nitrogen and oxygen atoms in total. The van der Waals surface area contributed by atoms with E-state index in [9.17, 15) is 14.7 Å². The minimum absolute atomic E-state index is 0.0148. The summed E-state index contributed by atoms with van der Waals surface area (Å²) in [4.78, 5) is 30.7. The number of carbonyl (C=O) groups excluding carboxylic acids is 1. The van der Waals surface area contributed by atoms with E-state index >= 15 is 0 Å². The van der Waals surface area contributed by atoms with Gasteiger partial charge in [-0.05, 0) is 55.2 Å². The number of nitrogens with zero attached hydrogens (tertiary/aromatic N) is 4. The van der Waals surface area contributed by atoms with Crippen LogP contribution in [0.2, 0.25) is 0 Å². The number of carboxylic acid groups (broad SMARTS) is 1. The summed E-state index contributed by atoms with van der Waals surface area (Å²) in [6.45, 7) is 3.53. The van der Waals surface area contributed by atoms with Crippen LogP contribution in [0.25, 0.3) is 0 Å². The molecule has 0 aliphatic carbocycles. The van der Waals surface area contributed by atoms with E-state index in [-0.39, 0.29) is 31.2 Å². The van der Waals surface area contributed by atoms with Crippen molar-refractivity contribution in [3.05, 3.63) is 72.3 Å².